The number of carbonyl (C=O) groups excluding carboxylic acids is 2. The molecule has 0 saturated carbocycles. The Labute approximate surface area is 173 Å². The maximum atomic E-state index is 12.4. The van der Waals surface area contributed by atoms with Gasteiger partial charge in [0.15, 0.2) is 6.61 Å². The van der Waals surface area contributed by atoms with Crippen LogP contribution in [-0.2, 0) is 16.0 Å². The van der Waals surface area contributed by atoms with Gasteiger partial charge in [-0.3, -0.25) is 9.59 Å². The van der Waals surface area contributed by atoms with E-state index in [1.807, 2.05) is 55.1 Å². The number of nitrogens with zero attached hydrogens (tertiary/aromatic N) is 2. The summed E-state index contributed by atoms with van der Waals surface area (Å²) in [5, 5.41) is 0. The molecule has 1 aliphatic rings. The zero-order chi connectivity index (χ0) is 20.6. The van der Waals surface area contributed by atoms with Crippen LogP contribution >= 0.6 is 0 Å². The summed E-state index contributed by atoms with van der Waals surface area (Å²) < 4.78 is 5.65. The number of ether oxygens (including phenoxy) is 1. The van der Waals surface area contributed by atoms with Crippen molar-refractivity contribution in [3.8, 4) is 5.75 Å². The summed E-state index contributed by atoms with van der Waals surface area (Å²) in [7, 11) is 0. The minimum absolute atomic E-state index is 0.0283. The van der Waals surface area contributed by atoms with Crippen molar-refractivity contribution >= 4 is 11.8 Å². The largest absolute Gasteiger partial charge is 0.484 e. The van der Waals surface area contributed by atoms with Crippen LogP contribution in [0.25, 0.3) is 0 Å². The highest BCUT2D eigenvalue weighted by atomic mass is 16.5. The van der Waals surface area contributed by atoms with Crippen molar-refractivity contribution in [1.29, 1.82) is 0 Å². The molecule has 5 nitrogen and oxygen atoms in total. The van der Waals surface area contributed by atoms with Crippen LogP contribution in [0.3, 0.4) is 0 Å². The van der Waals surface area contributed by atoms with Gasteiger partial charge in [0.25, 0.3) is 5.91 Å². The van der Waals surface area contributed by atoms with E-state index in [9.17, 15) is 9.59 Å². The summed E-state index contributed by atoms with van der Waals surface area (Å²) in [6.07, 6.45) is 2.32. The lowest BCUT2D eigenvalue weighted by Crippen LogP contribution is -2.51. The number of hydrogen-bond acceptors (Lipinski definition) is 3. The SMILES string of the molecule is Cc1ccc(OCC(=O)N2CCN(C(=O)CCCc3ccccc3)CC2)cc1C. The molecule has 0 aliphatic carbocycles. The van der Waals surface area contributed by atoms with Gasteiger partial charge in [-0.15, -0.1) is 0 Å². The maximum Gasteiger partial charge on any atom is 0.260 e. The standard InChI is InChI=1S/C24H30N2O3/c1-19-11-12-22(17-20(19)2)29-18-24(28)26-15-13-25(14-16-26)23(27)10-6-9-21-7-4-3-5-8-21/h3-5,7-8,11-12,17H,6,9-10,13-16,18H2,1-2H3. The average Bonchev–Trinajstić information content (AvgIpc) is 2.75. The highest BCUT2D eigenvalue weighted by Gasteiger charge is 2.24. The van der Waals surface area contributed by atoms with Crippen LogP contribution in [0.1, 0.15) is 29.5 Å². The van der Waals surface area contributed by atoms with Crippen molar-refractivity contribution in [3.05, 3.63) is 65.2 Å². The minimum Gasteiger partial charge on any atom is -0.484 e. The van der Waals surface area contributed by atoms with Crippen LogP contribution in [0, 0.1) is 13.8 Å². The smallest absolute Gasteiger partial charge is 0.260 e. The molecule has 0 radical (unpaired) electrons. The van der Waals surface area contributed by atoms with Gasteiger partial charge in [0.2, 0.25) is 5.91 Å². The second-order valence-corrected chi connectivity index (χ2v) is 7.64. The van der Waals surface area contributed by atoms with Crippen molar-refractivity contribution in [1.82, 2.24) is 9.80 Å². The zero-order valence-corrected chi connectivity index (χ0v) is 17.4. The first-order chi connectivity index (χ1) is 14.0. The van der Waals surface area contributed by atoms with Crippen molar-refractivity contribution in [2.24, 2.45) is 0 Å². The summed E-state index contributed by atoms with van der Waals surface area (Å²) in [5.74, 6) is 0.868. The van der Waals surface area contributed by atoms with E-state index < -0.39 is 0 Å². The molecule has 0 bridgehead atoms. The van der Waals surface area contributed by atoms with Crippen LogP contribution in [0.2, 0.25) is 0 Å². The Bertz CT molecular complexity index is 827. The fraction of sp³-hybridized carbons (Fsp3) is 0.417. The molecule has 2 aromatic carbocycles. The van der Waals surface area contributed by atoms with E-state index in [0.29, 0.717) is 38.3 Å². The highest BCUT2D eigenvalue weighted by molar-refractivity contribution is 5.79. The molecule has 1 heterocycles. The first-order valence-corrected chi connectivity index (χ1v) is 10.3. The molecular formula is C24H30N2O3. The van der Waals surface area contributed by atoms with Gasteiger partial charge in [-0.05, 0) is 55.5 Å². The normalized spacial score (nSPS) is 14.0. The van der Waals surface area contributed by atoms with Crippen molar-refractivity contribution in [2.45, 2.75) is 33.1 Å². The molecule has 0 spiro atoms. The van der Waals surface area contributed by atoms with E-state index in [4.69, 9.17) is 4.74 Å². The first-order valence-electron chi connectivity index (χ1n) is 10.3. The lowest BCUT2D eigenvalue weighted by atomic mass is 10.1. The maximum absolute atomic E-state index is 12.4. The summed E-state index contributed by atoms with van der Waals surface area (Å²) >= 11 is 0. The molecule has 2 amide bonds. The van der Waals surface area contributed by atoms with Crippen molar-refractivity contribution in [3.63, 3.8) is 0 Å². The fourth-order valence-corrected chi connectivity index (χ4v) is 3.49. The van der Waals surface area contributed by atoms with E-state index in [1.54, 1.807) is 4.90 Å². The number of aryl methyl sites for hydroxylation is 3. The quantitative estimate of drug-likeness (QED) is 0.723. The zero-order valence-electron chi connectivity index (χ0n) is 17.4. The molecule has 5 heteroatoms. The first kappa shape index (κ1) is 20.9. The summed E-state index contributed by atoms with van der Waals surface area (Å²) in [6, 6.07) is 16.1. The van der Waals surface area contributed by atoms with Gasteiger partial charge in [-0.1, -0.05) is 36.4 Å². The van der Waals surface area contributed by atoms with Crippen LogP contribution in [-0.4, -0.2) is 54.4 Å². The molecule has 1 saturated heterocycles. The predicted octanol–water partition coefficient (Wildman–Crippen LogP) is 3.38. The van der Waals surface area contributed by atoms with Crippen LogP contribution in [0.4, 0.5) is 0 Å². The molecule has 0 unspecified atom stereocenters. The molecule has 0 N–H and O–H groups in total. The number of hydrogen-bond donors (Lipinski definition) is 0. The van der Waals surface area contributed by atoms with Gasteiger partial charge >= 0.3 is 0 Å². The van der Waals surface area contributed by atoms with Crippen LogP contribution < -0.4 is 4.74 Å². The van der Waals surface area contributed by atoms with E-state index >= 15 is 0 Å². The molecule has 3 rings (SSSR count). The molecule has 1 aliphatic heterocycles. The Morgan fingerprint density at radius 3 is 2.17 bits per heavy atom. The number of benzene rings is 2. The molecule has 1 fully saturated rings. The molecular weight excluding hydrogens is 364 g/mol. The third kappa shape index (κ3) is 6.08. The Morgan fingerprint density at radius 1 is 0.862 bits per heavy atom. The van der Waals surface area contributed by atoms with Crippen LogP contribution in [0.15, 0.2) is 48.5 Å². The molecule has 0 aromatic heterocycles. The topological polar surface area (TPSA) is 49.9 Å². The Balaban J connectivity index is 1.37. The Morgan fingerprint density at radius 2 is 1.52 bits per heavy atom. The molecule has 2 aromatic rings. The number of piperazine rings is 1. The third-order valence-corrected chi connectivity index (χ3v) is 5.52. The molecule has 154 valence electrons. The van der Waals surface area contributed by atoms with E-state index in [2.05, 4.69) is 12.1 Å². The summed E-state index contributed by atoms with van der Waals surface area (Å²) in [4.78, 5) is 28.5. The lowest BCUT2D eigenvalue weighted by Gasteiger charge is -2.34. The summed E-state index contributed by atoms with van der Waals surface area (Å²) in [6.45, 7) is 6.44. The minimum atomic E-state index is -0.0283. The summed E-state index contributed by atoms with van der Waals surface area (Å²) in [5.41, 5.74) is 3.61. The van der Waals surface area contributed by atoms with Gasteiger partial charge in [0, 0.05) is 32.6 Å². The highest BCUT2D eigenvalue weighted by Crippen LogP contribution is 2.16. The molecule has 0 atom stereocenters. The third-order valence-electron chi connectivity index (χ3n) is 5.52. The number of amides is 2. The van der Waals surface area contributed by atoms with Gasteiger partial charge in [0.1, 0.15) is 5.75 Å². The number of rotatable bonds is 7. The van der Waals surface area contributed by atoms with Crippen molar-refractivity contribution in [2.75, 3.05) is 32.8 Å². The van der Waals surface area contributed by atoms with E-state index in [0.717, 1.165) is 18.4 Å². The van der Waals surface area contributed by atoms with Gasteiger partial charge in [-0.2, -0.15) is 0 Å². The molecule has 29 heavy (non-hydrogen) atoms. The Kier molecular flexibility index (Phi) is 7.28. The van der Waals surface area contributed by atoms with Crippen LogP contribution in [0.5, 0.6) is 5.75 Å². The van der Waals surface area contributed by atoms with Gasteiger partial charge in [-0.25, -0.2) is 0 Å². The number of carbonyl (C=O) groups is 2. The predicted molar refractivity (Wildman–Crippen MR) is 114 cm³/mol. The van der Waals surface area contributed by atoms with Crippen molar-refractivity contribution < 1.29 is 14.3 Å². The average molecular weight is 395 g/mol. The van der Waals surface area contributed by atoms with E-state index in [1.165, 1.54) is 11.1 Å². The Hall–Kier alpha value is -2.82. The van der Waals surface area contributed by atoms with Gasteiger partial charge < -0.3 is 14.5 Å². The second kappa shape index (κ2) is 10.1. The van der Waals surface area contributed by atoms with E-state index in [-0.39, 0.29) is 18.4 Å². The van der Waals surface area contributed by atoms with Gasteiger partial charge in [0.05, 0.1) is 0 Å². The monoisotopic (exact) mass is 394 g/mol. The fourth-order valence-electron chi connectivity index (χ4n) is 3.49. The lowest BCUT2D eigenvalue weighted by molar-refractivity contribution is -0.140. The second-order valence-electron chi connectivity index (χ2n) is 7.64.